The number of halogens is 2. The Bertz CT molecular complexity index is 435. The third kappa shape index (κ3) is 3.03. The van der Waals surface area contributed by atoms with E-state index in [4.69, 9.17) is 0 Å². The number of nitrogens with one attached hydrogen (secondary N) is 1. The first-order chi connectivity index (χ1) is 8.39. The minimum atomic E-state index is -3.63. The Hall–Kier alpha value is -1.98. The molecule has 0 saturated carbocycles. The van der Waals surface area contributed by atoms with Gasteiger partial charge in [0.1, 0.15) is 0 Å². The molecule has 6 heteroatoms. The number of hydrogen-bond donors (Lipinski definition) is 1. The Morgan fingerprint density at radius 2 is 1.83 bits per heavy atom. The van der Waals surface area contributed by atoms with Crippen molar-refractivity contribution >= 4 is 11.8 Å². The predicted octanol–water partition coefficient (Wildman–Crippen LogP) is 0.983. The molecule has 0 radical (unpaired) electrons. The minimum Gasteiger partial charge on any atom is -0.358 e. The highest BCUT2D eigenvalue weighted by Gasteiger charge is 2.43. The fourth-order valence-corrected chi connectivity index (χ4v) is 1.38. The van der Waals surface area contributed by atoms with E-state index in [1.807, 2.05) is 0 Å². The van der Waals surface area contributed by atoms with Crippen LogP contribution in [0.4, 0.5) is 8.78 Å². The predicted molar refractivity (Wildman–Crippen MR) is 62.0 cm³/mol. The molecule has 0 aliphatic rings. The summed E-state index contributed by atoms with van der Waals surface area (Å²) in [7, 11) is 2.53. The van der Waals surface area contributed by atoms with Crippen LogP contribution in [0.3, 0.4) is 0 Å². The van der Waals surface area contributed by atoms with Crippen LogP contribution in [-0.2, 0) is 15.5 Å². The van der Waals surface area contributed by atoms with Crippen LogP contribution in [-0.4, -0.2) is 37.4 Å². The summed E-state index contributed by atoms with van der Waals surface area (Å²) >= 11 is 0. The number of rotatable bonds is 4. The second-order valence-corrected chi connectivity index (χ2v) is 3.77. The van der Waals surface area contributed by atoms with Crippen molar-refractivity contribution in [3.63, 3.8) is 0 Å². The average Bonchev–Trinajstić information content (AvgIpc) is 2.38. The van der Waals surface area contributed by atoms with Crippen LogP contribution in [0.2, 0.25) is 0 Å². The third-order valence-electron chi connectivity index (χ3n) is 2.41. The van der Waals surface area contributed by atoms with Crippen molar-refractivity contribution in [2.24, 2.45) is 0 Å². The average molecular weight is 256 g/mol. The fraction of sp³-hybridized carbons (Fsp3) is 0.333. The number of hydrogen-bond acceptors (Lipinski definition) is 2. The Morgan fingerprint density at radius 1 is 1.28 bits per heavy atom. The maximum atomic E-state index is 13.8. The van der Waals surface area contributed by atoms with E-state index in [1.165, 1.54) is 31.3 Å². The van der Waals surface area contributed by atoms with Crippen molar-refractivity contribution in [1.29, 1.82) is 0 Å². The van der Waals surface area contributed by atoms with Gasteiger partial charge in [0.05, 0.1) is 6.54 Å². The van der Waals surface area contributed by atoms with Crippen LogP contribution in [0, 0.1) is 0 Å². The van der Waals surface area contributed by atoms with Gasteiger partial charge < -0.3 is 10.2 Å². The number of nitrogens with zero attached hydrogens (tertiary/aromatic N) is 1. The number of alkyl halides is 2. The molecule has 1 aromatic carbocycles. The number of carbonyl (C=O) groups excluding carboxylic acids is 2. The second kappa shape index (κ2) is 5.57. The van der Waals surface area contributed by atoms with E-state index >= 15 is 0 Å². The van der Waals surface area contributed by atoms with Crippen LogP contribution in [0.15, 0.2) is 30.3 Å². The molecule has 1 aromatic rings. The molecular weight excluding hydrogens is 242 g/mol. The van der Waals surface area contributed by atoms with Crippen molar-refractivity contribution in [3.05, 3.63) is 35.9 Å². The first-order valence-corrected chi connectivity index (χ1v) is 5.29. The van der Waals surface area contributed by atoms with Gasteiger partial charge in [0.2, 0.25) is 5.91 Å². The normalized spacial score (nSPS) is 10.9. The van der Waals surface area contributed by atoms with E-state index in [2.05, 4.69) is 5.32 Å². The molecule has 0 fully saturated rings. The first kappa shape index (κ1) is 14.1. The summed E-state index contributed by atoms with van der Waals surface area (Å²) in [5.74, 6) is -5.55. The van der Waals surface area contributed by atoms with E-state index in [-0.39, 0.29) is 0 Å². The molecule has 0 aromatic heterocycles. The van der Waals surface area contributed by atoms with E-state index in [9.17, 15) is 18.4 Å². The highest BCUT2D eigenvalue weighted by atomic mass is 19.3. The quantitative estimate of drug-likeness (QED) is 0.873. The van der Waals surface area contributed by atoms with Gasteiger partial charge in [0.15, 0.2) is 0 Å². The monoisotopic (exact) mass is 256 g/mol. The summed E-state index contributed by atoms with van der Waals surface area (Å²) < 4.78 is 27.7. The van der Waals surface area contributed by atoms with Crippen molar-refractivity contribution in [3.8, 4) is 0 Å². The van der Waals surface area contributed by atoms with Crippen molar-refractivity contribution in [2.75, 3.05) is 20.6 Å². The van der Waals surface area contributed by atoms with Gasteiger partial charge in [0, 0.05) is 19.7 Å². The SMILES string of the molecule is CNC(=O)CN(C)C(=O)C(F)(F)c1ccccc1. The first-order valence-electron chi connectivity index (χ1n) is 5.29. The summed E-state index contributed by atoms with van der Waals surface area (Å²) in [6, 6.07) is 6.78. The van der Waals surface area contributed by atoms with Gasteiger partial charge in [-0.1, -0.05) is 30.3 Å². The van der Waals surface area contributed by atoms with Crippen LogP contribution < -0.4 is 5.32 Å². The molecule has 0 atom stereocenters. The number of carbonyl (C=O) groups is 2. The lowest BCUT2D eigenvalue weighted by atomic mass is 10.1. The lowest BCUT2D eigenvalue weighted by molar-refractivity contribution is -0.158. The zero-order valence-corrected chi connectivity index (χ0v) is 10.1. The largest absolute Gasteiger partial charge is 0.358 e. The molecule has 4 nitrogen and oxygen atoms in total. The summed E-state index contributed by atoms with van der Waals surface area (Å²) in [6.07, 6.45) is 0. The molecule has 98 valence electrons. The summed E-state index contributed by atoms with van der Waals surface area (Å²) in [5, 5.41) is 2.26. The zero-order chi connectivity index (χ0) is 13.8. The van der Waals surface area contributed by atoms with Crippen LogP contribution in [0.1, 0.15) is 5.56 Å². The highest BCUT2D eigenvalue weighted by Crippen LogP contribution is 2.29. The van der Waals surface area contributed by atoms with Gasteiger partial charge in [-0.3, -0.25) is 9.59 Å². The van der Waals surface area contributed by atoms with E-state index in [1.54, 1.807) is 6.07 Å². The van der Waals surface area contributed by atoms with E-state index in [0.717, 1.165) is 7.05 Å². The van der Waals surface area contributed by atoms with E-state index in [0.29, 0.717) is 4.90 Å². The minimum absolute atomic E-state index is 0.390. The molecule has 0 bridgehead atoms. The maximum Gasteiger partial charge on any atom is 0.349 e. The molecule has 0 saturated heterocycles. The summed E-state index contributed by atoms with van der Waals surface area (Å²) in [4.78, 5) is 23.4. The lowest BCUT2D eigenvalue weighted by Gasteiger charge is -2.22. The smallest absolute Gasteiger partial charge is 0.349 e. The second-order valence-electron chi connectivity index (χ2n) is 3.77. The standard InChI is InChI=1S/C12H14F2N2O2/c1-15-10(17)8-16(2)11(18)12(13,14)9-6-4-3-5-7-9/h3-7H,8H2,1-2H3,(H,15,17). The molecule has 1 rings (SSSR count). The molecule has 1 N–H and O–H groups in total. The zero-order valence-electron chi connectivity index (χ0n) is 10.1. The number of likely N-dealkylation sites (N-methyl/N-ethyl adjacent to an activating group) is 2. The highest BCUT2D eigenvalue weighted by molar-refractivity contribution is 5.89. The Kier molecular flexibility index (Phi) is 4.36. The lowest BCUT2D eigenvalue weighted by Crippen LogP contribution is -2.44. The van der Waals surface area contributed by atoms with Crippen molar-refractivity contribution in [1.82, 2.24) is 10.2 Å². The molecule has 0 spiro atoms. The van der Waals surface area contributed by atoms with Gasteiger partial charge in [-0.05, 0) is 0 Å². The third-order valence-corrected chi connectivity index (χ3v) is 2.41. The van der Waals surface area contributed by atoms with Crippen LogP contribution >= 0.6 is 0 Å². The summed E-state index contributed by atoms with van der Waals surface area (Å²) in [5.41, 5.74) is -0.390. The number of amides is 2. The number of benzene rings is 1. The van der Waals surface area contributed by atoms with Gasteiger partial charge >= 0.3 is 5.92 Å². The van der Waals surface area contributed by atoms with Gasteiger partial charge in [-0.25, -0.2) is 0 Å². The van der Waals surface area contributed by atoms with Crippen LogP contribution in [0.5, 0.6) is 0 Å². The van der Waals surface area contributed by atoms with Crippen LogP contribution in [0.25, 0.3) is 0 Å². The molecule has 0 aliphatic heterocycles. The Labute approximate surface area is 104 Å². The Morgan fingerprint density at radius 3 is 2.33 bits per heavy atom. The van der Waals surface area contributed by atoms with Gasteiger partial charge in [-0.15, -0.1) is 0 Å². The maximum absolute atomic E-state index is 13.8. The van der Waals surface area contributed by atoms with Crippen molar-refractivity contribution < 1.29 is 18.4 Å². The molecule has 0 unspecified atom stereocenters. The molecule has 18 heavy (non-hydrogen) atoms. The Balaban J connectivity index is 2.85. The van der Waals surface area contributed by atoms with Gasteiger partial charge in [-0.2, -0.15) is 8.78 Å². The topological polar surface area (TPSA) is 49.4 Å². The molecule has 0 heterocycles. The summed E-state index contributed by atoms with van der Waals surface area (Å²) in [6.45, 7) is -0.405. The van der Waals surface area contributed by atoms with E-state index < -0.39 is 29.8 Å². The molecule has 0 aliphatic carbocycles. The van der Waals surface area contributed by atoms with Gasteiger partial charge in [0.25, 0.3) is 5.91 Å². The van der Waals surface area contributed by atoms with Crippen molar-refractivity contribution in [2.45, 2.75) is 5.92 Å². The molecular formula is C12H14F2N2O2. The fourth-order valence-electron chi connectivity index (χ4n) is 1.38. The molecule has 2 amide bonds.